The van der Waals surface area contributed by atoms with Crippen LogP contribution in [0.25, 0.3) is 17.0 Å². The molecule has 2 amide bonds. The number of likely N-dealkylation sites (N-methyl/N-ethyl adjacent to an activating group) is 1. The molecule has 3 aromatic rings. The highest BCUT2D eigenvalue weighted by Gasteiger charge is 2.22. The summed E-state index contributed by atoms with van der Waals surface area (Å²) in [4.78, 5) is 26.3. The Balaban J connectivity index is 1.70. The summed E-state index contributed by atoms with van der Waals surface area (Å²) in [6.45, 7) is 0. The van der Waals surface area contributed by atoms with Gasteiger partial charge in [0.15, 0.2) is 0 Å². The van der Waals surface area contributed by atoms with E-state index < -0.39 is 6.04 Å². The lowest BCUT2D eigenvalue weighted by Crippen LogP contribution is -2.47. The minimum atomic E-state index is -0.629. The summed E-state index contributed by atoms with van der Waals surface area (Å²) in [7, 11) is 3.35. The van der Waals surface area contributed by atoms with Gasteiger partial charge in [-0.25, -0.2) is 0 Å². The Morgan fingerprint density at radius 2 is 1.78 bits per heavy atom. The van der Waals surface area contributed by atoms with E-state index in [1.807, 2.05) is 60.7 Å². The van der Waals surface area contributed by atoms with E-state index in [2.05, 4.69) is 5.32 Å². The van der Waals surface area contributed by atoms with Crippen LogP contribution in [0.5, 0.6) is 0 Å². The summed E-state index contributed by atoms with van der Waals surface area (Å²) in [6, 6.07) is 18.5. The van der Waals surface area contributed by atoms with Crippen LogP contribution in [0.3, 0.4) is 0 Å². The molecular formula is C22H22N2O3. The number of nitrogens with zero attached hydrogens (tertiary/aromatic N) is 1. The number of fused-ring (bicyclic) bond motifs is 1. The fraction of sp³-hybridized carbons (Fsp3) is 0.182. The second-order valence-electron chi connectivity index (χ2n) is 6.50. The standard InChI is InChI=1S/C22H22N2O3/c1-24(2)22(26)19(14-16-8-4-3-5-9-16)23-21(25)13-12-18-15-17-10-6-7-11-20(17)27-18/h3-13,15,19H,14H2,1-2H3,(H,23,25)/b13-12+. The van der Waals surface area contributed by atoms with Crippen LogP contribution in [0.1, 0.15) is 11.3 Å². The van der Waals surface area contributed by atoms with Crippen LogP contribution in [-0.4, -0.2) is 36.9 Å². The van der Waals surface area contributed by atoms with Gasteiger partial charge in [-0.15, -0.1) is 0 Å². The summed E-state index contributed by atoms with van der Waals surface area (Å²) in [5.41, 5.74) is 1.75. The van der Waals surface area contributed by atoms with Gasteiger partial charge in [-0.3, -0.25) is 9.59 Å². The Morgan fingerprint density at radius 3 is 2.48 bits per heavy atom. The van der Waals surface area contributed by atoms with E-state index in [-0.39, 0.29) is 11.8 Å². The van der Waals surface area contributed by atoms with E-state index >= 15 is 0 Å². The number of rotatable bonds is 6. The highest BCUT2D eigenvalue weighted by atomic mass is 16.3. The van der Waals surface area contributed by atoms with E-state index in [1.165, 1.54) is 11.0 Å². The van der Waals surface area contributed by atoms with Crippen LogP contribution < -0.4 is 5.32 Å². The molecule has 0 aliphatic carbocycles. The van der Waals surface area contributed by atoms with Crippen LogP contribution >= 0.6 is 0 Å². The van der Waals surface area contributed by atoms with Gasteiger partial charge in [-0.1, -0.05) is 48.5 Å². The molecule has 0 radical (unpaired) electrons. The average Bonchev–Trinajstić information content (AvgIpc) is 3.09. The molecule has 1 N–H and O–H groups in total. The Hall–Kier alpha value is -3.34. The summed E-state index contributed by atoms with van der Waals surface area (Å²) in [6.07, 6.45) is 3.43. The Labute approximate surface area is 158 Å². The van der Waals surface area contributed by atoms with Gasteiger partial charge >= 0.3 is 0 Å². The van der Waals surface area contributed by atoms with Crippen molar-refractivity contribution < 1.29 is 14.0 Å². The molecular weight excluding hydrogens is 340 g/mol. The third-order valence-electron chi connectivity index (χ3n) is 4.18. The average molecular weight is 362 g/mol. The number of benzene rings is 2. The van der Waals surface area contributed by atoms with Crippen molar-refractivity contribution >= 4 is 28.9 Å². The molecule has 1 unspecified atom stereocenters. The molecule has 5 nitrogen and oxygen atoms in total. The van der Waals surface area contributed by atoms with Crippen molar-refractivity contribution in [2.24, 2.45) is 0 Å². The van der Waals surface area contributed by atoms with Crippen LogP contribution in [0.4, 0.5) is 0 Å². The molecule has 0 spiro atoms. The second kappa shape index (κ2) is 8.36. The third-order valence-corrected chi connectivity index (χ3v) is 4.18. The van der Waals surface area contributed by atoms with Crippen LogP contribution in [0, 0.1) is 0 Å². The normalized spacial score (nSPS) is 12.2. The zero-order chi connectivity index (χ0) is 19.2. The van der Waals surface area contributed by atoms with E-state index in [9.17, 15) is 9.59 Å². The van der Waals surface area contributed by atoms with Gasteiger partial charge in [0, 0.05) is 32.0 Å². The first-order chi connectivity index (χ1) is 13.0. The molecule has 1 atom stereocenters. The third kappa shape index (κ3) is 4.85. The van der Waals surface area contributed by atoms with Crippen LogP contribution in [-0.2, 0) is 16.0 Å². The Morgan fingerprint density at radius 1 is 1.07 bits per heavy atom. The Bertz CT molecular complexity index is 925. The predicted molar refractivity (Wildman–Crippen MR) is 106 cm³/mol. The number of amides is 2. The zero-order valence-corrected chi connectivity index (χ0v) is 15.4. The molecule has 0 aliphatic heterocycles. The zero-order valence-electron chi connectivity index (χ0n) is 15.4. The van der Waals surface area contributed by atoms with Gasteiger partial charge < -0.3 is 14.6 Å². The maximum Gasteiger partial charge on any atom is 0.244 e. The van der Waals surface area contributed by atoms with Crippen molar-refractivity contribution in [3.05, 3.63) is 78.1 Å². The molecule has 0 saturated heterocycles. The predicted octanol–water partition coefficient (Wildman–Crippen LogP) is 3.26. The molecule has 3 rings (SSSR count). The fourth-order valence-corrected chi connectivity index (χ4v) is 2.82. The van der Waals surface area contributed by atoms with Crippen molar-refractivity contribution in [1.29, 1.82) is 0 Å². The van der Waals surface area contributed by atoms with Gasteiger partial charge in [0.05, 0.1) is 0 Å². The summed E-state index contributed by atoms with van der Waals surface area (Å²) < 4.78 is 5.66. The van der Waals surface area contributed by atoms with Gasteiger partial charge in [-0.05, 0) is 23.8 Å². The number of hydrogen-bond acceptors (Lipinski definition) is 3. The monoisotopic (exact) mass is 362 g/mol. The smallest absolute Gasteiger partial charge is 0.244 e. The molecule has 1 heterocycles. The highest BCUT2D eigenvalue weighted by Crippen LogP contribution is 2.19. The fourth-order valence-electron chi connectivity index (χ4n) is 2.82. The van der Waals surface area contributed by atoms with Gasteiger partial charge in [0.2, 0.25) is 11.8 Å². The maximum absolute atomic E-state index is 12.4. The number of para-hydroxylation sites is 1. The molecule has 5 heteroatoms. The lowest BCUT2D eigenvalue weighted by atomic mass is 10.0. The van der Waals surface area contributed by atoms with Crippen LogP contribution in [0.2, 0.25) is 0 Å². The Kier molecular flexibility index (Phi) is 5.71. The first-order valence-electron chi connectivity index (χ1n) is 8.75. The van der Waals surface area contributed by atoms with Gasteiger partial charge in [-0.2, -0.15) is 0 Å². The summed E-state index contributed by atoms with van der Waals surface area (Å²) in [5.74, 6) is 0.0980. The van der Waals surface area contributed by atoms with Crippen molar-refractivity contribution in [3.8, 4) is 0 Å². The number of hydrogen-bond donors (Lipinski definition) is 1. The molecule has 138 valence electrons. The van der Waals surface area contributed by atoms with E-state index in [0.717, 1.165) is 16.5 Å². The van der Waals surface area contributed by atoms with E-state index in [1.54, 1.807) is 20.2 Å². The van der Waals surface area contributed by atoms with Crippen LogP contribution in [0.15, 0.2) is 71.2 Å². The number of carbonyl (C=O) groups excluding carboxylic acids is 2. The molecule has 0 fully saturated rings. The lowest BCUT2D eigenvalue weighted by molar-refractivity contribution is -0.133. The van der Waals surface area contributed by atoms with E-state index in [4.69, 9.17) is 4.42 Å². The molecule has 0 aliphatic rings. The molecule has 27 heavy (non-hydrogen) atoms. The SMILES string of the molecule is CN(C)C(=O)C(Cc1ccccc1)NC(=O)/C=C/c1cc2ccccc2o1. The topological polar surface area (TPSA) is 62.6 Å². The number of carbonyl (C=O) groups is 2. The number of furan rings is 1. The minimum Gasteiger partial charge on any atom is -0.457 e. The van der Waals surface area contributed by atoms with Gasteiger partial charge in [0.25, 0.3) is 0 Å². The first kappa shape index (κ1) is 18.5. The van der Waals surface area contributed by atoms with E-state index in [0.29, 0.717) is 12.2 Å². The maximum atomic E-state index is 12.4. The largest absolute Gasteiger partial charge is 0.457 e. The van der Waals surface area contributed by atoms with Crippen molar-refractivity contribution in [3.63, 3.8) is 0 Å². The van der Waals surface area contributed by atoms with Crippen molar-refractivity contribution in [1.82, 2.24) is 10.2 Å². The minimum absolute atomic E-state index is 0.149. The summed E-state index contributed by atoms with van der Waals surface area (Å²) in [5, 5.41) is 3.77. The van der Waals surface area contributed by atoms with Crippen molar-refractivity contribution in [2.75, 3.05) is 14.1 Å². The second-order valence-corrected chi connectivity index (χ2v) is 6.50. The molecule has 2 aromatic carbocycles. The molecule has 0 saturated carbocycles. The van der Waals surface area contributed by atoms with Crippen molar-refractivity contribution in [2.45, 2.75) is 12.5 Å². The summed E-state index contributed by atoms with van der Waals surface area (Å²) >= 11 is 0. The lowest BCUT2D eigenvalue weighted by Gasteiger charge is -2.21. The molecule has 0 bridgehead atoms. The van der Waals surface area contributed by atoms with Gasteiger partial charge in [0.1, 0.15) is 17.4 Å². The quantitative estimate of drug-likeness (QED) is 0.685. The first-order valence-corrected chi connectivity index (χ1v) is 8.75. The highest BCUT2D eigenvalue weighted by molar-refractivity contribution is 5.95. The molecule has 1 aromatic heterocycles. The number of nitrogens with one attached hydrogen (secondary N) is 1.